The van der Waals surface area contributed by atoms with Crippen LogP contribution in [0.2, 0.25) is 0 Å². The summed E-state index contributed by atoms with van der Waals surface area (Å²) in [7, 11) is 0. The average molecular weight is 585 g/mol. The molecule has 2 N–H and O–H groups in total. The molecule has 41 heavy (non-hydrogen) atoms. The molecule has 0 rings (SSSR count). The molecule has 3 nitrogen and oxygen atoms in total. The summed E-state index contributed by atoms with van der Waals surface area (Å²) >= 11 is 0. The molecule has 0 bridgehead atoms. The predicted octanol–water partition coefficient (Wildman–Crippen LogP) is 12.8. The molecule has 0 atom stereocenters. The third kappa shape index (κ3) is 47.0. The van der Waals surface area contributed by atoms with E-state index in [-0.39, 0.29) is 0 Å². The first-order valence-corrected chi connectivity index (χ1v) is 19.1. The number of ether oxygens (including phenoxy) is 1. The molecule has 3 heteroatoms. The van der Waals surface area contributed by atoms with Crippen molar-refractivity contribution in [2.45, 2.75) is 233 Å². The van der Waals surface area contributed by atoms with E-state index in [4.69, 9.17) is 14.9 Å². The maximum Gasteiger partial charge on any atom is 0.151 e. The van der Waals surface area contributed by atoms with Crippen LogP contribution < -0.4 is 0 Å². The quantitative estimate of drug-likeness (QED) is 0.0584. The van der Waals surface area contributed by atoms with Gasteiger partial charge in [-0.05, 0) is 25.7 Å². The molecule has 0 aliphatic carbocycles. The molecular formula is C38H80O3. The fourth-order valence-corrected chi connectivity index (χ4v) is 5.48. The van der Waals surface area contributed by atoms with Crippen molar-refractivity contribution in [3.63, 3.8) is 0 Å². The smallest absolute Gasteiger partial charge is 0.151 e. The number of rotatable bonds is 34. The van der Waals surface area contributed by atoms with Crippen molar-refractivity contribution < 1.29 is 14.9 Å². The summed E-state index contributed by atoms with van der Waals surface area (Å²) in [6.45, 7) is 8.68. The molecule has 0 heterocycles. The van der Waals surface area contributed by atoms with Gasteiger partial charge < -0.3 is 14.9 Å². The summed E-state index contributed by atoms with van der Waals surface area (Å²) < 4.78 is 5.85. The lowest BCUT2D eigenvalue weighted by molar-refractivity contribution is -0.0465. The fraction of sp³-hybridized carbons (Fsp3) is 1.00. The third-order valence-corrected chi connectivity index (χ3v) is 8.35. The molecule has 0 aromatic rings. The minimum atomic E-state index is -1.10. The number of aliphatic hydroxyl groups is 2. The van der Waals surface area contributed by atoms with Gasteiger partial charge in [-0.1, -0.05) is 201 Å². The van der Waals surface area contributed by atoms with Gasteiger partial charge in [-0.3, -0.25) is 0 Å². The molecule has 0 fully saturated rings. The Balaban J connectivity index is 0. The summed E-state index contributed by atoms with van der Waals surface area (Å²) in [5.41, 5.74) is 0. The Kier molecular flexibility index (Phi) is 44.1. The van der Waals surface area contributed by atoms with Gasteiger partial charge in [0.15, 0.2) is 6.29 Å². The van der Waals surface area contributed by atoms with E-state index < -0.39 is 6.29 Å². The highest BCUT2D eigenvalue weighted by molar-refractivity contribution is 4.51. The normalized spacial score (nSPS) is 11.3. The van der Waals surface area contributed by atoms with Crippen LogP contribution in [0.1, 0.15) is 226 Å². The summed E-state index contributed by atoms with van der Waals surface area (Å²) in [5.74, 6) is 0. The van der Waals surface area contributed by atoms with Gasteiger partial charge in [0.1, 0.15) is 0 Å². The van der Waals surface area contributed by atoms with Gasteiger partial charge in [0.25, 0.3) is 0 Å². The highest BCUT2D eigenvalue weighted by Gasteiger charge is 1.97. The summed E-state index contributed by atoms with van der Waals surface area (Å²) in [5, 5.41) is 16.7. The van der Waals surface area contributed by atoms with Gasteiger partial charge in [0.2, 0.25) is 0 Å². The summed E-state index contributed by atoms with van der Waals surface area (Å²) in [4.78, 5) is 0. The van der Waals surface area contributed by atoms with Gasteiger partial charge >= 0.3 is 0 Å². The lowest BCUT2D eigenvalue weighted by Crippen LogP contribution is -2.02. The Morgan fingerprint density at radius 2 is 0.537 bits per heavy atom. The van der Waals surface area contributed by atoms with E-state index in [1.54, 1.807) is 0 Å². The van der Waals surface area contributed by atoms with Crippen LogP contribution >= 0.6 is 0 Å². The monoisotopic (exact) mass is 585 g/mol. The van der Waals surface area contributed by atoms with E-state index >= 15 is 0 Å². The van der Waals surface area contributed by atoms with E-state index in [0.717, 1.165) is 32.5 Å². The summed E-state index contributed by atoms with van der Waals surface area (Å²) in [6.07, 6.45) is 42.6. The summed E-state index contributed by atoms with van der Waals surface area (Å²) in [6, 6.07) is 0. The fourth-order valence-electron chi connectivity index (χ4n) is 5.48. The zero-order valence-electron chi connectivity index (χ0n) is 28.9. The number of hydrogen-bond acceptors (Lipinski definition) is 3. The Hall–Kier alpha value is -0.120. The van der Waals surface area contributed by atoms with Crippen LogP contribution in [0.5, 0.6) is 0 Å². The zero-order chi connectivity index (χ0) is 30.3. The SMILES string of the molecule is CCCCCC(O)O.CCCCCCCCCCCCCCCCOCCCCCCCCCCCCCCCC. The van der Waals surface area contributed by atoms with E-state index in [1.165, 1.54) is 180 Å². The second-order valence-corrected chi connectivity index (χ2v) is 12.8. The molecule has 0 unspecified atom stereocenters. The molecule has 0 aliphatic heterocycles. The van der Waals surface area contributed by atoms with Crippen LogP contribution in [0.3, 0.4) is 0 Å². The molecule has 0 saturated carbocycles. The first-order chi connectivity index (χ1) is 20.2. The van der Waals surface area contributed by atoms with Crippen LogP contribution in [0, 0.1) is 0 Å². The largest absolute Gasteiger partial charge is 0.381 e. The molecule has 0 aliphatic rings. The Labute approximate surface area is 260 Å². The van der Waals surface area contributed by atoms with E-state index in [1.807, 2.05) is 0 Å². The Morgan fingerprint density at radius 1 is 0.317 bits per heavy atom. The molecular weight excluding hydrogens is 504 g/mol. The minimum Gasteiger partial charge on any atom is -0.381 e. The highest BCUT2D eigenvalue weighted by Crippen LogP contribution is 2.14. The Bertz CT molecular complexity index is 382. The van der Waals surface area contributed by atoms with Crippen LogP contribution in [0.4, 0.5) is 0 Å². The third-order valence-electron chi connectivity index (χ3n) is 8.35. The Morgan fingerprint density at radius 3 is 0.780 bits per heavy atom. The second-order valence-electron chi connectivity index (χ2n) is 12.8. The van der Waals surface area contributed by atoms with Gasteiger partial charge in [-0.15, -0.1) is 0 Å². The van der Waals surface area contributed by atoms with Crippen molar-refractivity contribution in [2.75, 3.05) is 13.2 Å². The lowest BCUT2D eigenvalue weighted by Gasteiger charge is -2.05. The van der Waals surface area contributed by atoms with Crippen molar-refractivity contribution in [2.24, 2.45) is 0 Å². The van der Waals surface area contributed by atoms with Crippen LogP contribution in [0.15, 0.2) is 0 Å². The van der Waals surface area contributed by atoms with E-state index in [0.29, 0.717) is 6.42 Å². The highest BCUT2D eigenvalue weighted by atomic mass is 16.5. The zero-order valence-corrected chi connectivity index (χ0v) is 28.9. The molecule has 0 radical (unpaired) electrons. The first-order valence-electron chi connectivity index (χ1n) is 19.1. The van der Waals surface area contributed by atoms with E-state index in [2.05, 4.69) is 20.8 Å². The molecule has 0 spiro atoms. The average Bonchev–Trinajstić information content (AvgIpc) is 2.96. The van der Waals surface area contributed by atoms with Crippen molar-refractivity contribution in [1.29, 1.82) is 0 Å². The standard InChI is InChI=1S/C32H66O.C6H14O2/c1-3-5-7-9-11-13-15-17-19-21-23-25-27-29-31-33-32-30-28-26-24-22-20-18-16-14-12-10-8-6-4-2;1-2-3-4-5-6(7)8/h3-32H2,1-2H3;6-8H,2-5H2,1H3. The van der Waals surface area contributed by atoms with Crippen molar-refractivity contribution in [1.82, 2.24) is 0 Å². The maximum atomic E-state index is 8.33. The van der Waals surface area contributed by atoms with Crippen molar-refractivity contribution >= 4 is 0 Å². The van der Waals surface area contributed by atoms with Crippen LogP contribution in [0.25, 0.3) is 0 Å². The molecule has 0 amide bonds. The van der Waals surface area contributed by atoms with Crippen molar-refractivity contribution in [3.8, 4) is 0 Å². The topological polar surface area (TPSA) is 49.7 Å². The van der Waals surface area contributed by atoms with Crippen molar-refractivity contribution in [3.05, 3.63) is 0 Å². The molecule has 0 aromatic heterocycles. The van der Waals surface area contributed by atoms with E-state index in [9.17, 15) is 0 Å². The molecule has 0 saturated heterocycles. The number of hydrogen-bond donors (Lipinski definition) is 2. The number of unbranched alkanes of at least 4 members (excludes halogenated alkanes) is 28. The first kappa shape index (κ1) is 43.0. The molecule has 250 valence electrons. The second kappa shape index (κ2) is 42.0. The number of aliphatic hydroxyl groups excluding tert-OH is 1. The maximum absolute atomic E-state index is 8.33. The van der Waals surface area contributed by atoms with Gasteiger partial charge in [0.05, 0.1) is 0 Å². The van der Waals surface area contributed by atoms with Gasteiger partial charge in [-0.2, -0.15) is 0 Å². The molecule has 0 aromatic carbocycles. The lowest BCUT2D eigenvalue weighted by atomic mass is 10.0. The van der Waals surface area contributed by atoms with Crippen LogP contribution in [-0.2, 0) is 4.74 Å². The van der Waals surface area contributed by atoms with Crippen LogP contribution in [-0.4, -0.2) is 29.7 Å². The van der Waals surface area contributed by atoms with Gasteiger partial charge in [-0.25, -0.2) is 0 Å². The predicted molar refractivity (Wildman–Crippen MR) is 184 cm³/mol. The van der Waals surface area contributed by atoms with Gasteiger partial charge in [0, 0.05) is 13.2 Å². The minimum absolute atomic E-state index is 0.522.